The van der Waals surface area contributed by atoms with Gasteiger partial charge in [-0.05, 0) is 59.6 Å². The first-order valence-corrected chi connectivity index (χ1v) is 7.42. The Morgan fingerprint density at radius 1 is 1.29 bits per heavy atom. The van der Waals surface area contributed by atoms with E-state index < -0.39 is 0 Å². The van der Waals surface area contributed by atoms with Crippen LogP contribution in [0.5, 0.6) is 0 Å². The maximum atomic E-state index is 12.8. The molecule has 0 unspecified atom stereocenters. The Balaban J connectivity index is 1.97. The van der Waals surface area contributed by atoms with Crippen LogP contribution in [0.3, 0.4) is 0 Å². The zero-order valence-electron chi connectivity index (χ0n) is 11.6. The summed E-state index contributed by atoms with van der Waals surface area (Å²) in [7, 11) is 0. The highest BCUT2D eigenvalue weighted by molar-refractivity contribution is 9.10. The lowest BCUT2D eigenvalue weighted by molar-refractivity contribution is 0.0978. The first-order valence-electron chi connectivity index (χ1n) is 6.63. The van der Waals surface area contributed by atoms with Gasteiger partial charge in [0, 0.05) is 34.8 Å². The average Bonchev–Trinajstić information content (AvgIpc) is 2.44. The van der Waals surface area contributed by atoms with Gasteiger partial charge >= 0.3 is 0 Å². The number of pyridine rings is 1. The fourth-order valence-corrected chi connectivity index (χ4v) is 2.69. The lowest BCUT2D eigenvalue weighted by Crippen LogP contribution is -2.22. The molecule has 2 aromatic rings. The molecule has 2 rings (SSSR count). The minimum absolute atomic E-state index is 0.0465. The fraction of sp³-hybridized carbons (Fsp3) is 0.250. The van der Waals surface area contributed by atoms with Crippen LogP contribution in [-0.2, 0) is 6.54 Å². The minimum Gasteiger partial charge on any atom is -0.314 e. The predicted octanol–water partition coefficient (Wildman–Crippen LogP) is 3.72. The van der Waals surface area contributed by atoms with Crippen molar-refractivity contribution in [2.45, 2.75) is 26.3 Å². The highest BCUT2D eigenvalue weighted by Crippen LogP contribution is 2.10. The van der Waals surface area contributed by atoms with Crippen molar-refractivity contribution in [3.8, 4) is 0 Å². The molecule has 0 aliphatic heterocycles. The number of hydrogen-bond donors (Lipinski definition) is 0. The molecule has 1 heterocycles. The molecule has 0 radical (unpaired) electrons. The number of hydrogen-bond acceptors (Lipinski definition) is 2. The summed E-state index contributed by atoms with van der Waals surface area (Å²) >= 11 is 3.35. The van der Waals surface area contributed by atoms with Gasteiger partial charge in [0.05, 0.1) is 0 Å². The predicted molar refractivity (Wildman–Crippen MR) is 83.1 cm³/mol. The molecule has 1 aromatic heterocycles. The third kappa shape index (κ3) is 4.11. The fourth-order valence-electron chi connectivity index (χ4n) is 2.10. The molecule has 0 fully saturated rings. The van der Waals surface area contributed by atoms with Crippen molar-refractivity contribution < 1.29 is 9.18 Å². The number of aromatic nitrogens is 1. The third-order valence-electron chi connectivity index (χ3n) is 3.20. The van der Waals surface area contributed by atoms with Crippen LogP contribution < -0.4 is 5.56 Å². The van der Waals surface area contributed by atoms with Gasteiger partial charge in [-0.3, -0.25) is 9.59 Å². The van der Waals surface area contributed by atoms with Gasteiger partial charge in [-0.15, -0.1) is 0 Å². The van der Waals surface area contributed by atoms with E-state index in [0.717, 1.165) is 4.47 Å². The first kappa shape index (κ1) is 15.6. The zero-order valence-corrected chi connectivity index (χ0v) is 13.2. The van der Waals surface area contributed by atoms with E-state index in [1.54, 1.807) is 23.8 Å². The van der Waals surface area contributed by atoms with Crippen LogP contribution >= 0.6 is 15.9 Å². The normalized spacial score (nSPS) is 10.6. The number of aryl methyl sites for hydroxylation is 2. The molecule has 5 heteroatoms. The molecular weight excluding hydrogens is 337 g/mol. The lowest BCUT2D eigenvalue weighted by Gasteiger charge is -2.07. The van der Waals surface area contributed by atoms with Crippen LogP contribution in [0.1, 0.15) is 28.8 Å². The van der Waals surface area contributed by atoms with E-state index in [9.17, 15) is 14.0 Å². The van der Waals surface area contributed by atoms with Gasteiger partial charge in [0.15, 0.2) is 5.78 Å². The van der Waals surface area contributed by atoms with Crippen LogP contribution in [0.4, 0.5) is 4.39 Å². The smallest absolute Gasteiger partial charge is 0.253 e. The molecule has 0 amide bonds. The number of ketones is 1. The third-order valence-corrected chi connectivity index (χ3v) is 3.63. The molecule has 0 atom stereocenters. The van der Waals surface area contributed by atoms with Crippen molar-refractivity contribution in [1.29, 1.82) is 0 Å². The van der Waals surface area contributed by atoms with E-state index >= 15 is 0 Å². The van der Waals surface area contributed by atoms with E-state index in [2.05, 4.69) is 15.9 Å². The zero-order chi connectivity index (χ0) is 15.4. The standard InChI is InChI=1S/C16H15BrFNO2/c1-11-9-13(17)10-19(16(11)21)8-2-3-15(20)12-4-6-14(18)7-5-12/h4-7,9-10H,2-3,8H2,1H3. The van der Waals surface area contributed by atoms with Crippen molar-refractivity contribution in [2.24, 2.45) is 0 Å². The van der Waals surface area contributed by atoms with Crippen LogP contribution in [0.2, 0.25) is 0 Å². The Hall–Kier alpha value is -1.75. The number of nitrogens with zero attached hydrogens (tertiary/aromatic N) is 1. The summed E-state index contributed by atoms with van der Waals surface area (Å²) in [6.45, 7) is 2.24. The van der Waals surface area contributed by atoms with E-state index in [1.165, 1.54) is 24.3 Å². The van der Waals surface area contributed by atoms with Crippen molar-refractivity contribution >= 4 is 21.7 Å². The summed E-state index contributed by atoms with van der Waals surface area (Å²) in [4.78, 5) is 23.9. The summed E-state index contributed by atoms with van der Waals surface area (Å²) in [5.74, 6) is -0.405. The quantitative estimate of drug-likeness (QED) is 0.770. The van der Waals surface area contributed by atoms with Crippen molar-refractivity contribution in [1.82, 2.24) is 4.57 Å². The molecule has 0 aliphatic carbocycles. The summed E-state index contributed by atoms with van der Waals surface area (Å²) < 4.78 is 15.2. The van der Waals surface area contributed by atoms with Gasteiger partial charge in [0.25, 0.3) is 5.56 Å². The second-order valence-corrected chi connectivity index (χ2v) is 5.79. The number of rotatable bonds is 5. The van der Waals surface area contributed by atoms with Gasteiger partial charge in [-0.25, -0.2) is 4.39 Å². The first-order chi connectivity index (χ1) is 9.97. The number of carbonyl (C=O) groups is 1. The average molecular weight is 352 g/mol. The van der Waals surface area contributed by atoms with Gasteiger partial charge < -0.3 is 4.57 Å². The molecule has 0 N–H and O–H groups in total. The summed E-state index contributed by atoms with van der Waals surface area (Å²) in [5, 5.41) is 0. The summed E-state index contributed by atoms with van der Waals surface area (Å²) in [6.07, 6.45) is 2.60. The molecule has 110 valence electrons. The van der Waals surface area contributed by atoms with E-state index in [1.807, 2.05) is 0 Å². The highest BCUT2D eigenvalue weighted by Gasteiger charge is 2.07. The number of halogens is 2. The molecule has 1 aromatic carbocycles. The Kier molecular flexibility index (Phi) is 5.07. The Morgan fingerprint density at radius 3 is 2.62 bits per heavy atom. The molecule has 0 bridgehead atoms. The second-order valence-electron chi connectivity index (χ2n) is 4.87. The monoisotopic (exact) mass is 351 g/mol. The molecule has 0 aliphatic rings. The molecule has 3 nitrogen and oxygen atoms in total. The van der Waals surface area contributed by atoms with Crippen LogP contribution in [0.15, 0.2) is 45.8 Å². The Bertz CT molecular complexity index is 707. The molecule has 0 saturated heterocycles. The second kappa shape index (κ2) is 6.80. The van der Waals surface area contributed by atoms with E-state index in [-0.39, 0.29) is 17.2 Å². The largest absolute Gasteiger partial charge is 0.314 e. The van der Waals surface area contributed by atoms with Gasteiger partial charge in [0.2, 0.25) is 0 Å². The maximum Gasteiger partial charge on any atom is 0.253 e. The van der Waals surface area contributed by atoms with E-state index in [4.69, 9.17) is 0 Å². The SMILES string of the molecule is Cc1cc(Br)cn(CCCC(=O)c2ccc(F)cc2)c1=O. The number of Topliss-reactive ketones (excluding diaryl/α,β-unsaturated/α-hetero) is 1. The molecule has 21 heavy (non-hydrogen) atoms. The topological polar surface area (TPSA) is 39.1 Å². The Morgan fingerprint density at radius 2 is 1.95 bits per heavy atom. The maximum absolute atomic E-state index is 12.8. The van der Waals surface area contributed by atoms with Crippen molar-refractivity contribution in [3.05, 3.63) is 68.3 Å². The minimum atomic E-state index is -0.359. The van der Waals surface area contributed by atoms with Crippen molar-refractivity contribution in [2.75, 3.05) is 0 Å². The van der Waals surface area contributed by atoms with E-state index in [0.29, 0.717) is 30.5 Å². The molecular formula is C16H15BrFNO2. The summed E-state index contributed by atoms with van der Waals surface area (Å²) in [6, 6.07) is 7.27. The highest BCUT2D eigenvalue weighted by atomic mass is 79.9. The van der Waals surface area contributed by atoms with Crippen LogP contribution in [-0.4, -0.2) is 10.4 Å². The van der Waals surface area contributed by atoms with Gasteiger partial charge in [0.1, 0.15) is 5.82 Å². The molecule has 0 spiro atoms. The lowest BCUT2D eigenvalue weighted by atomic mass is 10.1. The molecule has 0 saturated carbocycles. The van der Waals surface area contributed by atoms with Crippen molar-refractivity contribution in [3.63, 3.8) is 0 Å². The van der Waals surface area contributed by atoms with Gasteiger partial charge in [-0.2, -0.15) is 0 Å². The van der Waals surface area contributed by atoms with Crippen LogP contribution in [0, 0.1) is 12.7 Å². The Labute approximate surface area is 130 Å². The van der Waals surface area contributed by atoms with Crippen LogP contribution in [0.25, 0.3) is 0 Å². The number of carbonyl (C=O) groups excluding carboxylic acids is 1. The van der Waals surface area contributed by atoms with Gasteiger partial charge in [-0.1, -0.05) is 0 Å². The number of benzene rings is 1. The summed E-state index contributed by atoms with van der Waals surface area (Å²) in [5.41, 5.74) is 1.11.